The Morgan fingerprint density at radius 2 is 0.977 bits per heavy atom. The zero-order chi connectivity index (χ0) is 33.3. The van der Waals surface area contributed by atoms with E-state index in [0.717, 1.165) is 48.5 Å². The number of aliphatic hydroxyl groups is 1. The van der Waals surface area contributed by atoms with Gasteiger partial charge in [-0.25, -0.2) is 0 Å². The molecule has 0 aromatic rings. The molecule has 0 aromatic heterocycles. The third kappa shape index (κ3) is 10.7. The molecule has 1 amide bonds. The van der Waals surface area contributed by atoms with Crippen molar-refractivity contribution in [2.75, 3.05) is 13.2 Å². The van der Waals surface area contributed by atoms with Gasteiger partial charge in [0, 0.05) is 48.5 Å². The molecule has 2 aliphatic heterocycles. The van der Waals surface area contributed by atoms with Gasteiger partial charge in [-0.05, 0) is 0 Å². The molecule has 2 fully saturated rings. The summed E-state index contributed by atoms with van der Waals surface area (Å²) in [5.41, 5.74) is 0. The zero-order valence-electron chi connectivity index (χ0n) is 25.2. The van der Waals surface area contributed by atoms with Gasteiger partial charge in [-0.15, -0.1) is 0 Å². The number of hydrogen-bond acceptors (Lipinski definition) is 17. The van der Waals surface area contributed by atoms with Gasteiger partial charge < -0.3 is 53.1 Å². The molecule has 0 aliphatic carbocycles. The highest BCUT2D eigenvalue weighted by atomic mass is 16.8. The molecule has 10 atom stereocenters. The molecule has 2 N–H and O–H groups in total. The number of rotatable bonds is 11. The van der Waals surface area contributed by atoms with E-state index in [0.29, 0.717) is 0 Å². The van der Waals surface area contributed by atoms with Crippen molar-refractivity contribution in [3.05, 3.63) is 0 Å². The lowest BCUT2D eigenvalue weighted by molar-refractivity contribution is -0.344. The summed E-state index contributed by atoms with van der Waals surface area (Å²) < 4.78 is 49.1. The fraction of sp³-hybridized carbons (Fsp3) is 0.731. The topological polar surface area (TPSA) is 235 Å². The Hall–Kier alpha value is -3.87. The van der Waals surface area contributed by atoms with E-state index in [-0.39, 0.29) is 0 Å². The molecular formula is C26H37NO17. The molecule has 248 valence electrons. The van der Waals surface area contributed by atoms with Crippen LogP contribution in [0.15, 0.2) is 0 Å². The predicted octanol–water partition coefficient (Wildman–Crippen LogP) is -1.83. The van der Waals surface area contributed by atoms with Gasteiger partial charge in [-0.2, -0.15) is 0 Å². The Labute approximate surface area is 251 Å². The van der Waals surface area contributed by atoms with Crippen molar-refractivity contribution in [3.63, 3.8) is 0 Å². The van der Waals surface area contributed by atoms with Crippen LogP contribution in [0.5, 0.6) is 0 Å². The quantitative estimate of drug-likeness (QED) is 0.188. The standard InChI is InChI=1S/C26H37NO17/c1-10(28)27-19-22(20(38-13(4)31)17(42-25(19)35)8-36-11(2)29)44-26-24(41-16(7)34)23(40-15(6)33)21(39-14(5)32)18(43-26)9-37-12(3)30/h17-26,35H,8-9H2,1-7H3,(H,27,28)/t17?,18?,19-,20-,21-,22+,23-,24-,25-,26-/m0/s1. The monoisotopic (exact) mass is 635 g/mol. The van der Waals surface area contributed by atoms with Crippen molar-refractivity contribution in [2.45, 2.75) is 110 Å². The second-order valence-corrected chi connectivity index (χ2v) is 9.84. The summed E-state index contributed by atoms with van der Waals surface area (Å²) in [4.78, 5) is 83.7. The number of amides is 1. The van der Waals surface area contributed by atoms with E-state index in [1.165, 1.54) is 0 Å². The van der Waals surface area contributed by atoms with Crippen LogP contribution < -0.4 is 5.32 Å². The normalized spacial score (nSPS) is 31.5. The van der Waals surface area contributed by atoms with Crippen molar-refractivity contribution in [1.82, 2.24) is 5.32 Å². The minimum atomic E-state index is -1.83. The molecule has 0 spiro atoms. The molecule has 2 heterocycles. The van der Waals surface area contributed by atoms with Gasteiger partial charge >= 0.3 is 35.8 Å². The summed E-state index contributed by atoms with van der Waals surface area (Å²) in [6.07, 6.45) is -14.2. The number of ether oxygens (including phenoxy) is 9. The van der Waals surface area contributed by atoms with Gasteiger partial charge in [0.05, 0.1) is 0 Å². The van der Waals surface area contributed by atoms with E-state index in [1.807, 2.05) is 0 Å². The van der Waals surface area contributed by atoms with Crippen LogP contribution in [0.3, 0.4) is 0 Å². The van der Waals surface area contributed by atoms with Crippen LogP contribution in [-0.2, 0) is 76.2 Å². The van der Waals surface area contributed by atoms with Gasteiger partial charge in [0.25, 0.3) is 0 Å². The molecule has 2 unspecified atom stereocenters. The summed E-state index contributed by atoms with van der Waals surface area (Å²) >= 11 is 0. The van der Waals surface area contributed by atoms with Crippen molar-refractivity contribution >= 4 is 41.7 Å². The Bertz CT molecular complexity index is 1090. The summed E-state index contributed by atoms with van der Waals surface area (Å²) in [5.74, 6) is -5.68. The van der Waals surface area contributed by atoms with Gasteiger partial charge in [0.1, 0.15) is 37.6 Å². The molecular weight excluding hydrogens is 598 g/mol. The smallest absolute Gasteiger partial charge is 0.303 e. The van der Waals surface area contributed by atoms with Crippen LogP contribution in [0.2, 0.25) is 0 Å². The van der Waals surface area contributed by atoms with Crippen LogP contribution in [0.4, 0.5) is 0 Å². The van der Waals surface area contributed by atoms with Crippen molar-refractivity contribution in [3.8, 4) is 0 Å². The minimum absolute atomic E-state index is 0.532. The highest BCUT2D eigenvalue weighted by Gasteiger charge is 2.56. The molecule has 0 radical (unpaired) electrons. The van der Waals surface area contributed by atoms with Crippen molar-refractivity contribution < 1.29 is 81.3 Å². The lowest BCUT2D eigenvalue weighted by Gasteiger charge is -2.48. The maximum absolute atomic E-state index is 12.2. The number of carbonyl (C=O) groups is 7. The van der Waals surface area contributed by atoms with Crippen LogP contribution >= 0.6 is 0 Å². The number of esters is 6. The minimum Gasteiger partial charge on any atom is -0.463 e. The van der Waals surface area contributed by atoms with Crippen LogP contribution in [0, 0.1) is 0 Å². The first kappa shape index (κ1) is 36.3. The van der Waals surface area contributed by atoms with Gasteiger partial charge in [0.15, 0.2) is 37.0 Å². The summed E-state index contributed by atoms with van der Waals surface area (Å²) in [5, 5.41) is 13.2. The maximum atomic E-state index is 12.2. The van der Waals surface area contributed by atoms with E-state index < -0.39 is 116 Å². The van der Waals surface area contributed by atoms with Gasteiger partial charge in [0.2, 0.25) is 5.91 Å². The summed E-state index contributed by atoms with van der Waals surface area (Å²) in [6.45, 7) is 6.36. The molecule has 0 bridgehead atoms. The molecule has 2 aliphatic rings. The molecule has 2 saturated heterocycles. The third-order valence-electron chi connectivity index (χ3n) is 6.03. The number of carbonyl (C=O) groups excluding carboxylic acids is 7. The Kier molecular flexibility index (Phi) is 13.4. The number of aliphatic hydroxyl groups excluding tert-OH is 1. The average Bonchev–Trinajstić information content (AvgIpc) is 2.87. The Morgan fingerprint density at radius 3 is 1.41 bits per heavy atom. The van der Waals surface area contributed by atoms with Crippen LogP contribution in [-0.4, -0.2) is 121 Å². The van der Waals surface area contributed by atoms with Crippen LogP contribution in [0.1, 0.15) is 48.5 Å². The molecule has 18 nitrogen and oxygen atoms in total. The molecule has 2 rings (SSSR count). The predicted molar refractivity (Wildman–Crippen MR) is 138 cm³/mol. The average molecular weight is 636 g/mol. The molecule has 18 heteroatoms. The van der Waals surface area contributed by atoms with Crippen molar-refractivity contribution in [2.24, 2.45) is 0 Å². The second kappa shape index (κ2) is 16.3. The van der Waals surface area contributed by atoms with Gasteiger partial charge in [-0.3, -0.25) is 33.6 Å². The molecule has 0 saturated carbocycles. The van der Waals surface area contributed by atoms with E-state index in [1.54, 1.807) is 0 Å². The number of hydrogen-bond donors (Lipinski definition) is 2. The molecule has 44 heavy (non-hydrogen) atoms. The largest absolute Gasteiger partial charge is 0.463 e. The van der Waals surface area contributed by atoms with E-state index in [2.05, 4.69) is 5.32 Å². The second-order valence-electron chi connectivity index (χ2n) is 9.84. The van der Waals surface area contributed by atoms with Crippen LogP contribution in [0.25, 0.3) is 0 Å². The first-order valence-electron chi connectivity index (χ1n) is 13.4. The Morgan fingerprint density at radius 1 is 0.568 bits per heavy atom. The lowest BCUT2D eigenvalue weighted by atomic mass is 9.94. The maximum Gasteiger partial charge on any atom is 0.303 e. The third-order valence-corrected chi connectivity index (χ3v) is 6.03. The first-order chi connectivity index (χ1) is 20.5. The zero-order valence-corrected chi connectivity index (χ0v) is 25.2. The summed E-state index contributed by atoms with van der Waals surface area (Å²) in [6, 6.07) is -1.47. The Balaban J connectivity index is 2.66. The highest BCUT2D eigenvalue weighted by Crippen LogP contribution is 2.34. The lowest BCUT2D eigenvalue weighted by Crippen LogP contribution is -2.69. The van der Waals surface area contributed by atoms with E-state index in [4.69, 9.17) is 42.6 Å². The fourth-order valence-electron chi connectivity index (χ4n) is 4.59. The number of nitrogens with one attached hydrogen (secondary N) is 1. The molecule has 0 aromatic carbocycles. The van der Waals surface area contributed by atoms with E-state index in [9.17, 15) is 38.7 Å². The van der Waals surface area contributed by atoms with Crippen molar-refractivity contribution in [1.29, 1.82) is 0 Å². The fourth-order valence-corrected chi connectivity index (χ4v) is 4.59. The first-order valence-corrected chi connectivity index (χ1v) is 13.4. The SMILES string of the molecule is CC(=O)N[C@H]1[C@@H](O[C@@H]2OC(COC(C)=O)[C@H](OC(C)=O)[C@H](OC(C)=O)[C@@H]2OC(C)=O)[C@@H](OC(C)=O)C(COC(C)=O)O[C@@H]1O. The highest BCUT2D eigenvalue weighted by molar-refractivity contribution is 5.73. The summed E-state index contributed by atoms with van der Waals surface area (Å²) in [7, 11) is 0. The van der Waals surface area contributed by atoms with E-state index >= 15 is 0 Å². The van der Waals surface area contributed by atoms with Gasteiger partial charge in [-0.1, -0.05) is 0 Å².